The molecule has 0 bridgehead atoms. The number of hydrogen-bond donors (Lipinski definition) is 4. The van der Waals surface area contributed by atoms with E-state index in [1.54, 1.807) is 0 Å². The van der Waals surface area contributed by atoms with Gasteiger partial charge in [0.25, 0.3) is 0 Å². The minimum atomic E-state index is -0.663. The first-order valence-corrected chi connectivity index (χ1v) is 16.5. The molecule has 2 aromatic heterocycles. The number of alkyl carbamates (subject to hydrolysis) is 1. The highest BCUT2D eigenvalue weighted by Gasteiger charge is 2.37. The summed E-state index contributed by atoms with van der Waals surface area (Å²) in [5.41, 5.74) is 6.41. The number of carbonyl (C=O) groups excluding carboxylic acids is 2. The molecule has 3 aromatic carbocycles. The Bertz CT molecular complexity index is 1900. The van der Waals surface area contributed by atoms with Crippen LogP contribution in [0.15, 0.2) is 73.1 Å². The van der Waals surface area contributed by atoms with Gasteiger partial charge in [0.15, 0.2) is 0 Å². The zero-order valence-corrected chi connectivity index (χ0v) is 30.7. The summed E-state index contributed by atoms with van der Waals surface area (Å²) in [6.07, 6.45) is 7.16. The molecule has 2 aliphatic rings. The Morgan fingerprint density at radius 3 is 2.06 bits per heavy atom. The number of amides is 2. The molecule has 2 aliphatic heterocycles. The maximum Gasteiger partial charge on any atom is 0.407 e. The van der Waals surface area contributed by atoms with Gasteiger partial charge in [-0.15, -0.1) is 37.2 Å². The molecule has 4 heterocycles. The van der Waals surface area contributed by atoms with E-state index in [0.717, 1.165) is 81.9 Å². The van der Waals surface area contributed by atoms with Gasteiger partial charge in [-0.2, -0.15) is 0 Å². The van der Waals surface area contributed by atoms with Gasteiger partial charge in [0, 0.05) is 12.1 Å². The van der Waals surface area contributed by atoms with Crippen LogP contribution in [0.25, 0.3) is 44.4 Å². The smallest absolute Gasteiger partial charge is 0.407 e. The molecule has 2 amide bonds. The number of methoxy groups -OCH3 is 1. The highest BCUT2D eigenvalue weighted by Crippen LogP contribution is 2.34. The Hall–Kier alpha value is -4.09. The van der Waals surface area contributed by atoms with Crippen molar-refractivity contribution in [3.8, 4) is 33.6 Å². The molecule has 0 radical (unpaired) electrons. The first kappa shape index (κ1) is 38.7. The van der Waals surface area contributed by atoms with E-state index in [-0.39, 0.29) is 55.1 Å². The van der Waals surface area contributed by atoms with Gasteiger partial charge in [-0.05, 0) is 77.7 Å². The van der Waals surface area contributed by atoms with Gasteiger partial charge in [-0.1, -0.05) is 62.4 Å². The number of benzene rings is 3. The number of aromatic amines is 2. The molecule has 5 aromatic rings. The fraction of sp³-hybridized carbons (Fsp3) is 0.351. The third-order valence-corrected chi connectivity index (χ3v) is 9.50. The number of carbonyl (C=O) groups is 2. The summed E-state index contributed by atoms with van der Waals surface area (Å²) in [6, 6.07) is 21.1. The van der Waals surface area contributed by atoms with Crippen LogP contribution >= 0.6 is 37.2 Å². The molecule has 0 saturated carbocycles. The average molecular weight is 741 g/mol. The largest absolute Gasteiger partial charge is 0.453 e. The Balaban J connectivity index is 0.00000187. The van der Waals surface area contributed by atoms with Crippen LogP contribution in [0.4, 0.5) is 4.79 Å². The third kappa shape index (κ3) is 7.94. The number of halogens is 3. The number of fused-ring (bicyclic) bond motifs is 1. The van der Waals surface area contributed by atoms with E-state index in [9.17, 15) is 9.59 Å². The Morgan fingerprint density at radius 1 is 0.800 bits per heavy atom. The lowest BCUT2D eigenvalue weighted by atomic mass is 9.98. The normalized spacial score (nSPS) is 17.5. The summed E-state index contributed by atoms with van der Waals surface area (Å²) >= 11 is 0. The summed E-state index contributed by atoms with van der Waals surface area (Å²) in [5.74, 6) is 1.57. The van der Waals surface area contributed by atoms with Gasteiger partial charge in [0.05, 0.1) is 43.0 Å². The van der Waals surface area contributed by atoms with Gasteiger partial charge in [-0.3, -0.25) is 4.79 Å². The number of rotatable bonds is 8. The van der Waals surface area contributed by atoms with Crippen molar-refractivity contribution in [1.82, 2.24) is 35.5 Å². The third-order valence-electron chi connectivity index (χ3n) is 9.50. The summed E-state index contributed by atoms with van der Waals surface area (Å²) in [6.45, 7) is 5.50. The maximum absolute atomic E-state index is 13.5. The van der Waals surface area contributed by atoms with Crippen LogP contribution in [0.3, 0.4) is 0 Å². The molecule has 50 heavy (non-hydrogen) atoms. The molecule has 2 fully saturated rings. The van der Waals surface area contributed by atoms with Crippen molar-refractivity contribution in [2.75, 3.05) is 20.2 Å². The molecule has 0 spiro atoms. The fourth-order valence-corrected chi connectivity index (χ4v) is 6.86. The van der Waals surface area contributed by atoms with E-state index in [1.807, 2.05) is 31.1 Å². The van der Waals surface area contributed by atoms with Crippen molar-refractivity contribution in [2.45, 2.75) is 57.7 Å². The van der Waals surface area contributed by atoms with Crippen molar-refractivity contribution in [3.63, 3.8) is 0 Å². The van der Waals surface area contributed by atoms with Crippen molar-refractivity contribution >= 4 is 60.0 Å². The van der Waals surface area contributed by atoms with E-state index in [4.69, 9.17) is 9.72 Å². The van der Waals surface area contributed by atoms with E-state index < -0.39 is 12.1 Å². The van der Waals surface area contributed by atoms with Crippen LogP contribution in [-0.2, 0) is 9.53 Å². The number of hydrogen-bond acceptors (Lipinski definition) is 6. The van der Waals surface area contributed by atoms with Crippen LogP contribution in [-0.4, -0.2) is 63.1 Å². The second-order valence-corrected chi connectivity index (χ2v) is 12.9. The molecular formula is C37H44Cl3N7O3. The zero-order valence-electron chi connectivity index (χ0n) is 28.3. The fourth-order valence-electron chi connectivity index (χ4n) is 6.86. The van der Waals surface area contributed by atoms with Crippen molar-refractivity contribution < 1.29 is 14.3 Å². The van der Waals surface area contributed by atoms with Crippen LogP contribution < -0.4 is 10.6 Å². The lowest BCUT2D eigenvalue weighted by molar-refractivity contribution is -0.135. The minimum Gasteiger partial charge on any atom is -0.453 e. The zero-order chi connectivity index (χ0) is 32.5. The average Bonchev–Trinajstić information content (AvgIpc) is 3.93. The quantitative estimate of drug-likeness (QED) is 0.128. The highest BCUT2D eigenvalue weighted by molar-refractivity contribution is 5.91. The Kier molecular flexibility index (Phi) is 13.0. The molecule has 10 nitrogen and oxygen atoms in total. The molecule has 7 rings (SSSR count). The molecule has 0 unspecified atom stereocenters. The lowest BCUT2D eigenvalue weighted by Crippen LogP contribution is -2.51. The van der Waals surface area contributed by atoms with Crippen LogP contribution in [0.2, 0.25) is 0 Å². The second-order valence-electron chi connectivity index (χ2n) is 12.9. The van der Waals surface area contributed by atoms with Gasteiger partial charge in [0.1, 0.15) is 17.7 Å². The number of ether oxygens (including phenoxy) is 1. The number of likely N-dealkylation sites (tertiary alicyclic amines) is 1. The van der Waals surface area contributed by atoms with Gasteiger partial charge >= 0.3 is 6.09 Å². The van der Waals surface area contributed by atoms with Crippen LogP contribution in [0.5, 0.6) is 0 Å². The summed E-state index contributed by atoms with van der Waals surface area (Å²) in [7, 11) is 1.30. The van der Waals surface area contributed by atoms with E-state index in [1.165, 1.54) is 13.5 Å². The predicted octanol–water partition coefficient (Wildman–Crippen LogP) is 8.02. The number of nitrogens with one attached hydrogen (secondary N) is 4. The monoisotopic (exact) mass is 739 g/mol. The van der Waals surface area contributed by atoms with Crippen LogP contribution in [0, 0.1) is 5.92 Å². The first-order valence-electron chi connectivity index (χ1n) is 16.5. The molecule has 0 aliphatic carbocycles. The number of nitrogens with zero attached hydrogens (tertiary/aromatic N) is 3. The Labute approximate surface area is 310 Å². The first-order chi connectivity index (χ1) is 22.9. The standard InChI is InChI=1S/C37H41N7O3.3ClH/c1-22(2)33(43-37(46)47-3)36(45)44-17-5-7-32(44)35-40-21-31(42-35)28-15-14-26-18-25(12-13-27(26)19-28)23-8-10-24(11-9-23)30-20-39-34(41-30)29-6-4-16-38-29;;;/h8-15,18-22,29,32-33,38H,4-7,16-17H2,1-3H3,(H,39,41)(H,40,42)(H,43,46);3*1H/t29-,32-,33-;;;/m0.../s1. The van der Waals surface area contributed by atoms with E-state index in [0.29, 0.717) is 12.6 Å². The number of H-pyrrole nitrogens is 2. The van der Waals surface area contributed by atoms with Crippen molar-refractivity contribution in [1.29, 1.82) is 0 Å². The van der Waals surface area contributed by atoms with Crippen LogP contribution in [0.1, 0.15) is 63.3 Å². The molecule has 266 valence electrons. The summed E-state index contributed by atoms with van der Waals surface area (Å²) < 4.78 is 4.76. The minimum absolute atomic E-state index is 0. The summed E-state index contributed by atoms with van der Waals surface area (Å²) in [4.78, 5) is 43.6. The topological polar surface area (TPSA) is 128 Å². The van der Waals surface area contributed by atoms with Gasteiger partial charge in [-0.25, -0.2) is 14.8 Å². The molecule has 2 saturated heterocycles. The second kappa shape index (κ2) is 16.7. The predicted molar refractivity (Wildman–Crippen MR) is 204 cm³/mol. The Morgan fingerprint density at radius 2 is 1.40 bits per heavy atom. The van der Waals surface area contributed by atoms with E-state index in [2.05, 4.69) is 86.2 Å². The SMILES string of the molecule is COC(=O)N[C@H](C(=O)N1CCC[C@H]1c1ncc(-c2ccc3cc(-c4ccc(-c5cnc([C@@H]6CCCN6)[nH]5)cc4)ccc3c2)[nH]1)C(C)C.Cl.Cl.Cl. The van der Waals surface area contributed by atoms with E-state index >= 15 is 0 Å². The number of aromatic nitrogens is 4. The highest BCUT2D eigenvalue weighted by atomic mass is 35.5. The van der Waals surface area contributed by atoms with Gasteiger partial charge in [0.2, 0.25) is 5.91 Å². The molecular weight excluding hydrogens is 697 g/mol. The molecule has 13 heteroatoms. The lowest BCUT2D eigenvalue weighted by Gasteiger charge is -2.30. The van der Waals surface area contributed by atoms with Gasteiger partial charge < -0.3 is 30.2 Å². The van der Waals surface area contributed by atoms with Crippen molar-refractivity contribution in [2.24, 2.45) is 5.92 Å². The molecule has 4 N–H and O–H groups in total. The maximum atomic E-state index is 13.5. The summed E-state index contributed by atoms with van der Waals surface area (Å²) in [5, 5.41) is 8.50. The number of imidazole rings is 2. The molecule has 3 atom stereocenters. The van der Waals surface area contributed by atoms with Crippen molar-refractivity contribution in [3.05, 3.63) is 84.7 Å².